The number of piperazine rings is 1. The number of aromatic nitrogens is 4. The molecule has 2 aliphatic heterocycles. The van der Waals surface area contributed by atoms with Crippen LogP contribution in [-0.4, -0.2) is 81.0 Å². The van der Waals surface area contributed by atoms with Gasteiger partial charge in [0.05, 0.1) is 0 Å². The van der Waals surface area contributed by atoms with Crippen LogP contribution in [0.2, 0.25) is 0 Å². The molecule has 2 fully saturated rings. The summed E-state index contributed by atoms with van der Waals surface area (Å²) in [5.41, 5.74) is 1.50. The van der Waals surface area contributed by atoms with E-state index < -0.39 is 10.8 Å². The summed E-state index contributed by atoms with van der Waals surface area (Å²) in [5, 5.41) is 6.74. The molecule has 0 aliphatic carbocycles. The van der Waals surface area contributed by atoms with Crippen molar-refractivity contribution in [2.24, 2.45) is 0 Å². The molecule has 2 aliphatic rings. The fraction of sp³-hybridized carbons (Fsp3) is 0.647. The van der Waals surface area contributed by atoms with Gasteiger partial charge in [-0.2, -0.15) is 4.98 Å². The molecule has 2 N–H and O–H groups in total. The quantitative estimate of drug-likeness (QED) is 0.759. The van der Waals surface area contributed by atoms with Gasteiger partial charge in [0.15, 0.2) is 11.6 Å². The molecular weight excluding hydrogens is 364 g/mol. The number of hydrogen-bond donors (Lipinski definition) is 2. The van der Waals surface area contributed by atoms with E-state index in [4.69, 9.17) is 9.97 Å². The second-order valence-electron chi connectivity index (χ2n) is 7.14. The number of rotatable bonds is 4. The van der Waals surface area contributed by atoms with Gasteiger partial charge in [0, 0.05) is 67.6 Å². The molecule has 0 spiro atoms. The van der Waals surface area contributed by atoms with E-state index in [0.717, 1.165) is 61.9 Å². The Bertz CT molecular complexity index is 829. The van der Waals surface area contributed by atoms with Crippen molar-refractivity contribution >= 4 is 39.4 Å². The van der Waals surface area contributed by atoms with Crippen molar-refractivity contribution in [1.29, 1.82) is 0 Å². The number of nitrogens with one attached hydrogen (secondary N) is 2. The summed E-state index contributed by atoms with van der Waals surface area (Å²) in [7, 11) is -0.739. The van der Waals surface area contributed by atoms with Crippen LogP contribution >= 0.6 is 0 Å². The van der Waals surface area contributed by atoms with Crippen LogP contribution in [0.25, 0.3) is 11.0 Å². The summed E-state index contributed by atoms with van der Waals surface area (Å²) >= 11 is 0. The molecule has 0 atom stereocenters. The van der Waals surface area contributed by atoms with Crippen LogP contribution in [0.15, 0.2) is 6.33 Å². The molecule has 2 saturated heterocycles. The molecule has 27 heavy (non-hydrogen) atoms. The first-order valence-corrected chi connectivity index (χ1v) is 11.0. The van der Waals surface area contributed by atoms with E-state index in [-0.39, 0.29) is 6.04 Å². The van der Waals surface area contributed by atoms with Crippen molar-refractivity contribution in [1.82, 2.24) is 25.3 Å². The van der Waals surface area contributed by atoms with Crippen LogP contribution in [0.3, 0.4) is 0 Å². The van der Waals surface area contributed by atoms with Crippen molar-refractivity contribution in [2.75, 3.05) is 65.9 Å². The average molecular weight is 391 g/mol. The molecular formula is C17H26N8OS. The Hall–Kier alpha value is -2.07. The molecule has 2 aromatic rings. The van der Waals surface area contributed by atoms with Crippen LogP contribution in [0, 0.1) is 0 Å². The van der Waals surface area contributed by atoms with E-state index in [2.05, 4.69) is 44.2 Å². The van der Waals surface area contributed by atoms with Crippen LogP contribution in [0.5, 0.6) is 0 Å². The van der Waals surface area contributed by atoms with Gasteiger partial charge < -0.3 is 20.4 Å². The third-order valence-corrected chi connectivity index (χ3v) is 6.03. The first kappa shape index (κ1) is 18.3. The maximum atomic E-state index is 11.8. The second kappa shape index (κ2) is 7.89. The average Bonchev–Trinajstić information content (AvgIpc) is 2.68. The highest BCUT2D eigenvalue weighted by molar-refractivity contribution is 7.85. The Morgan fingerprint density at radius 3 is 2.48 bits per heavy atom. The molecule has 4 rings (SSSR count). The highest BCUT2D eigenvalue weighted by atomic mass is 32.2. The second-order valence-corrected chi connectivity index (χ2v) is 8.83. The molecule has 2 aromatic heterocycles. The largest absolute Gasteiger partial charge is 0.366 e. The summed E-state index contributed by atoms with van der Waals surface area (Å²) in [6, 6.07) is 0.238. The fourth-order valence-corrected chi connectivity index (χ4v) is 4.43. The predicted molar refractivity (Wildman–Crippen MR) is 109 cm³/mol. The first-order valence-electron chi connectivity index (χ1n) is 9.46. The van der Waals surface area contributed by atoms with Gasteiger partial charge in [-0.05, 0) is 13.8 Å². The monoisotopic (exact) mass is 390 g/mol. The molecule has 0 unspecified atom stereocenters. The zero-order valence-corrected chi connectivity index (χ0v) is 16.6. The summed E-state index contributed by atoms with van der Waals surface area (Å²) in [4.78, 5) is 23.0. The summed E-state index contributed by atoms with van der Waals surface area (Å²) < 4.78 is 11.8. The van der Waals surface area contributed by atoms with Gasteiger partial charge in [0.25, 0.3) is 0 Å². The molecule has 0 radical (unpaired) electrons. The molecule has 0 amide bonds. The summed E-state index contributed by atoms with van der Waals surface area (Å²) in [6.45, 7) is 9.17. The number of nitrogens with zero attached hydrogens (tertiary/aromatic N) is 6. The van der Waals surface area contributed by atoms with Crippen LogP contribution in [0.4, 0.5) is 17.6 Å². The normalized spacial score (nSPS) is 19.1. The zero-order valence-electron chi connectivity index (χ0n) is 15.8. The van der Waals surface area contributed by atoms with Gasteiger partial charge in [-0.3, -0.25) is 4.21 Å². The topological polar surface area (TPSA) is 99.2 Å². The lowest BCUT2D eigenvalue weighted by Crippen LogP contribution is -2.44. The van der Waals surface area contributed by atoms with Gasteiger partial charge in [0.1, 0.15) is 17.4 Å². The number of anilines is 3. The zero-order chi connectivity index (χ0) is 18.8. The Balaban J connectivity index is 1.82. The Morgan fingerprint density at radius 1 is 1.04 bits per heavy atom. The van der Waals surface area contributed by atoms with Crippen LogP contribution in [0.1, 0.15) is 13.8 Å². The molecule has 0 bridgehead atoms. The number of hydrogen-bond acceptors (Lipinski definition) is 9. The summed E-state index contributed by atoms with van der Waals surface area (Å²) in [6.07, 6.45) is 1.56. The number of fused-ring (bicyclic) bond motifs is 1. The SMILES string of the molecule is CC(C)Nc1ncnc2c(N3CCS(=O)CC3)nc(N3CCNCC3)nc12. The van der Waals surface area contributed by atoms with Gasteiger partial charge in [0.2, 0.25) is 5.95 Å². The summed E-state index contributed by atoms with van der Waals surface area (Å²) in [5.74, 6) is 3.59. The van der Waals surface area contributed by atoms with Gasteiger partial charge >= 0.3 is 0 Å². The molecule has 0 saturated carbocycles. The molecule has 0 aromatic carbocycles. The maximum absolute atomic E-state index is 11.8. The highest BCUT2D eigenvalue weighted by Crippen LogP contribution is 2.29. The Labute approximate surface area is 161 Å². The minimum atomic E-state index is -0.739. The predicted octanol–water partition coefficient (Wildman–Crippen LogP) is 0.218. The van der Waals surface area contributed by atoms with Crippen LogP contribution in [-0.2, 0) is 10.8 Å². The third-order valence-electron chi connectivity index (χ3n) is 4.75. The highest BCUT2D eigenvalue weighted by Gasteiger charge is 2.24. The van der Waals surface area contributed by atoms with Gasteiger partial charge in [-0.15, -0.1) is 0 Å². The molecule has 146 valence electrons. The lowest BCUT2D eigenvalue weighted by atomic mass is 10.3. The maximum Gasteiger partial charge on any atom is 0.228 e. The third kappa shape index (κ3) is 3.96. The van der Waals surface area contributed by atoms with E-state index >= 15 is 0 Å². The first-order chi connectivity index (χ1) is 13.1. The van der Waals surface area contributed by atoms with Crippen molar-refractivity contribution in [2.45, 2.75) is 19.9 Å². The van der Waals surface area contributed by atoms with E-state index in [1.807, 2.05) is 0 Å². The lowest BCUT2D eigenvalue weighted by molar-refractivity contribution is 0.580. The van der Waals surface area contributed by atoms with E-state index in [9.17, 15) is 4.21 Å². The molecule has 9 nitrogen and oxygen atoms in total. The van der Waals surface area contributed by atoms with E-state index in [1.165, 1.54) is 0 Å². The Morgan fingerprint density at radius 2 is 1.78 bits per heavy atom. The minimum Gasteiger partial charge on any atom is -0.366 e. The lowest BCUT2D eigenvalue weighted by Gasteiger charge is -2.31. The molecule has 10 heteroatoms. The van der Waals surface area contributed by atoms with Crippen molar-refractivity contribution in [3.63, 3.8) is 0 Å². The van der Waals surface area contributed by atoms with Crippen molar-refractivity contribution in [3.05, 3.63) is 6.33 Å². The smallest absolute Gasteiger partial charge is 0.228 e. The van der Waals surface area contributed by atoms with E-state index in [0.29, 0.717) is 17.5 Å². The van der Waals surface area contributed by atoms with Gasteiger partial charge in [-0.1, -0.05) is 0 Å². The van der Waals surface area contributed by atoms with E-state index in [1.54, 1.807) is 6.33 Å². The standard InChI is InChI=1S/C17H26N8OS/c1-12(2)21-15-13-14(19-11-20-15)16(24-7-9-27(26)10-8-24)23-17(22-13)25-5-3-18-4-6-25/h11-12,18H,3-10H2,1-2H3,(H,19,20,21). The molecule has 4 heterocycles. The van der Waals surface area contributed by atoms with Crippen molar-refractivity contribution in [3.8, 4) is 0 Å². The Kier molecular flexibility index (Phi) is 5.35. The fourth-order valence-electron chi connectivity index (χ4n) is 3.38. The van der Waals surface area contributed by atoms with Crippen LogP contribution < -0.4 is 20.4 Å². The van der Waals surface area contributed by atoms with Crippen molar-refractivity contribution < 1.29 is 4.21 Å². The van der Waals surface area contributed by atoms with Gasteiger partial charge in [-0.25, -0.2) is 15.0 Å². The minimum absolute atomic E-state index is 0.238.